The first kappa shape index (κ1) is 19.1. The molecule has 1 aliphatic carbocycles. The van der Waals surface area contributed by atoms with Gasteiger partial charge in [-0.15, -0.1) is 0 Å². The van der Waals surface area contributed by atoms with Gasteiger partial charge >= 0.3 is 0 Å². The standard InChI is InChI=1S/C24H30F2N2O3/c1-4-15(13-20(29)18-9-10-21(30-2)28-14-18)16-5-7-17(8-6-16)19-11-12-27-24(31-3)22(19)23(25)26/h9-12,14-17,23H,4-8,13H2,1-3H3/t15-,16?,17?/m1/s1/i3D3. The van der Waals surface area contributed by atoms with Gasteiger partial charge in [0.05, 0.1) is 23.8 Å². The maximum atomic E-state index is 13.9. The van der Waals surface area contributed by atoms with E-state index in [1.807, 2.05) is 0 Å². The van der Waals surface area contributed by atoms with Crippen LogP contribution in [0.15, 0.2) is 30.6 Å². The van der Waals surface area contributed by atoms with Crippen LogP contribution < -0.4 is 9.47 Å². The third-order valence-corrected chi connectivity index (χ3v) is 6.42. The van der Waals surface area contributed by atoms with Crippen LogP contribution in [0.4, 0.5) is 8.78 Å². The van der Waals surface area contributed by atoms with E-state index < -0.39 is 24.9 Å². The quantitative estimate of drug-likeness (QED) is 0.452. The molecule has 0 spiro atoms. The maximum absolute atomic E-state index is 13.9. The lowest BCUT2D eigenvalue weighted by atomic mass is 9.71. The molecule has 1 saturated carbocycles. The van der Waals surface area contributed by atoms with Crippen molar-refractivity contribution in [3.8, 4) is 11.8 Å². The minimum absolute atomic E-state index is 0.0321. The summed E-state index contributed by atoms with van der Waals surface area (Å²) in [7, 11) is -1.34. The van der Waals surface area contributed by atoms with E-state index in [-0.39, 0.29) is 17.6 Å². The lowest BCUT2D eigenvalue weighted by Crippen LogP contribution is -2.23. The molecule has 168 valence electrons. The Hall–Kier alpha value is -2.57. The van der Waals surface area contributed by atoms with Crippen molar-refractivity contribution in [1.29, 1.82) is 0 Å². The molecule has 1 atom stereocenters. The van der Waals surface area contributed by atoms with Crippen LogP contribution in [0.2, 0.25) is 0 Å². The zero-order valence-corrected chi connectivity index (χ0v) is 17.8. The number of hydrogen-bond acceptors (Lipinski definition) is 5. The molecule has 2 aromatic heterocycles. The molecule has 0 radical (unpaired) electrons. The molecule has 0 unspecified atom stereocenters. The van der Waals surface area contributed by atoms with Crippen molar-refractivity contribution in [2.75, 3.05) is 14.1 Å². The van der Waals surface area contributed by atoms with Gasteiger partial charge in [0.15, 0.2) is 5.78 Å². The van der Waals surface area contributed by atoms with Gasteiger partial charge in [0.1, 0.15) is 0 Å². The maximum Gasteiger partial charge on any atom is 0.269 e. The van der Waals surface area contributed by atoms with E-state index in [0.29, 0.717) is 42.2 Å². The fraction of sp³-hybridized carbons (Fsp3) is 0.542. The van der Waals surface area contributed by atoms with E-state index in [2.05, 4.69) is 16.9 Å². The fourth-order valence-corrected chi connectivity index (χ4v) is 4.69. The van der Waals surface area contributed by atoms with Crippen molar-refractivity contribution in [1.82, 2.24) is 9.97 Å². The first-order chi connectivity index (χ1) is 16.1. The molecule has 0 N–H and O–H groups in total. The molecule has 1 aliphatic rings. The number of halogens is 2. The Morgan fingerprint density at radius 3 is 2.55 bits per heavy atom. The van der Waals surface area contributed by atoms with Crippen LogP contribution in [0.5, 0.6) is 11.8 Å². The van der Waals surface area contributed by atoms with Gasteiger partial charge in [0, 0.05) is 30.4 Å². The minimum atomic E-state index is -2.89. The van der Waals surface area contributed by atoms with Crippen molar-refractivity contribution < 1.29 is 27.2 Å². The summed E-state index contributed by atoms with van der Waals surface area (Å²) < 4.78 is 59.3. The molecule has 3 rings (SSSR count). The fourth-order valence-electron chi connectivity index (χ4n) is 4.69. The Labute approximate surface area is 186 Å². The van der Waals surface area contributed by atoms with Crippen LogP contribution in [0.25, 0.3) is 0 Å². The molecule has 2 heterocycles. The Morgan fingerprint density at radius 1 is 1.19 bits per heavy atom. The monoisotopic (exact) mass is 435 g/mol. The third kappa shape index (κ3) is 5.38. The molecular formula is C24H30F2N2O3. The van der Waals surface area contributed by atoms with Gasteiger partial charge in [-0.05, 0) is 61.1 Å². The Kier molecular flexibility index (Phi) is 6.57. The van der Waals surface area contributed by atoms with E-state index in [4.69, 9.17) is 13.6 Å². The van der Waals surface area contributed by atoms with Crippen LogP contribution in [0.3, 0.4) is 0 Å². The molecule has 0 aliphatic heterocycles. The second-order valence-corrected chi connectivity index (χ2v) is 8.02. The third-order valence-electron chi connectivity index (χ3n) is 6.42. The number of ether oxygens (including phenoxy) is 2. The number of ketones is 1. The number of Topliss-reactive ketones (excluding diaryl/α,β-unsaturated/α-hetero) is 1. The summed E-state index contributed by atoms with van der Waals surface area (Å²) >= 11 is 0. The summed E-state index contributed by atoms with van der Waals surface area (Å²) in [6, 6.07) is 4.92. The van der Waals surface area contributed by atoms with Crippen molar-refractivity contribution >= 4 is 5.78 Å². The predicted octanol–water partition coefficient (Wildman–Crippen LogP) is 6.00. The second-order valence-electron chi connectivity index (χ2n) is 8.02. The highest BCUT2D eigenvalue weighted by Gasteiger charge is 2.32. The van der Waals surface area contributed by atoms with E-state index in [9.17, 15) is 13.6 Å². The van der Waals surface area contributed by atoms with Crippen molar-refractivity contribution in [3.05, 3.63) is 47.3 Å². The number of carbonyl (C=O) groups is 1. The van der Waals surface area contributed by atoms with Gasteiger partial charge in [-0.3, -0.25) is 4.79 Å². The largest absolute Gasteiger partial charge is 0.481 e. The highest BCUT2D eigenvalue weighted by atomic mass is 19.3. The summed E-state index contributed by atoms with van der Waals surface area (Å²) in [6.07, 6.45) is 4.18. The van der Waals surface area contributed by atoms with Crippen LogP contribution in [-0.2, 0) is 0 Å². The minimum Gasteiger partial charge on any atom is -0.481 e. The second kappa shape index (κ2) is 10.6. The smallest absolute Gasteiger partial charge is 0.269 e. The number of hydrogen-bond donors (Lipinski definition) is 0. The number of nitrogens with zero attached hydrogens (tertiary/aromatic N) is 2. The summed E-state index contributed by atoms with van der Waals surface area (Å²) in [5, 5.41) is 0. The molecule has 0 bridgehead atoms. The predicted molar refractivity (Wildman–Crippen MR) is 114 cm³/mol. The van der Waals surface area contributed by atoms with E-state index in [1.165, 1.54) is 25.6 Å². The first-order valence-electron chi connectivity index (χ1n) is 12.1. The number of methoxy groups -OCH3 is 2. The van der Waals surface area contributed by atoms with Crippen molar-refractivity contribution in [3.63, 3.8) is 0 Å². The number of rotatable bonds is 9. The van der Waals surface area contributed by atoms with Gasteiger partial charge in [0.25, 0.3) is 6.43 Å². The molecule has 0 saturated heterocycles. The molecule has 0 amide bonds. The number of alkyl halides is 2. The molecule has 7 heteroatoms. The molecule has 31 heavy (non-hydrogen) atoms. The molecule has 0 aromatic carbocycles. The van der Waals surface area contributed by atoms with Crippen LogP contribution in [0.1, 0.15) is 83.4 Å². The van der Waals surface area contributed by atoms with E-state index in [1.54, 1.807) is 12.1 Å². The number of carbonyl (C=O) groups excluding carboxylic acids is 1. The summed E-state index contributed by atoms with van der Waals surface area (Å²) in [5.41, 5.74) is 0.514. The topological polar surface area (TPSA) is 61.3 Å². The lowest BCUT2D eigenvalue weighted by Gasteiger charge is -2.34. The molecule has 1 fully saturated rings. The number of aromatic nitrogens is 2. The van der Waals surface area contributed by atoms with Gasteiger partial charge in [-0.2, -0.15) is 0 Å². The van der Waals surface area contributed by atoms with Gasteiger partial charge in [-0.25, -0.2) is 18.7 Å². The van der Waals surface area contributed by atoms with Crippen LogP contribution in [0, 0.1) is 11.8 Å². The Bertz CT molecular complexity index is 963. The van der Waals surface area contributed by atoms with Crippen molar-refractivity contribution in [2.45, 2.75) is 57.8 Å². The Morgan fingerprint density at radius 2 is 1.97 bits per heavy atom. The zero-order valence-electron chi connectivity index (χ0n) is 20.8. The average Bonchev–Trinajstić information content (AvgIpc) is 2.81. The van der Waals surface area contributed by atoms with Crippen LogP contribution in [-0.4, -0.2) is 29.9 Å². The van der Waals surface area contributed by atoms with E-state index in [0.717, 1.165) is 19.3 Å². The first-order valence-corrected chi connectivity index (χ1v) is 10.6. The lowest BCUT2D eigenvalue weighted by molar-refractivity contribution is 0.0924. The summed E-state index contributed by atoms with van der Waals surface area (Å²) in [4.78, 5) is 20.6. The van der Waals surface area contributed by atoms with Gasteiger partial charge in [-0.1, -0.05) is 13.3 Å². The SMILES string of the molecule is [2H]C([2H])([2H])Oc1nccc(C2CCC([C@H](CC)CC(=O)c3ccc(OC)nc3)CC2)c1C(F)F. The highest BCUT2D eigenvalue weighted by molar-refractivity contribution is 5.95. The Balaban J connectivity index is 1.68. The summed E-state index contributed by atoms with van der Waals surface area (Å²) in [5.74, 6) is 0.322. The molecule has 5 nitrogen and oxygen atoms in total. The summed E-state index contributed by atoms with van der Waals surface area (Å²) in [6.45, 7) is 2.06. The molecule has 2 aromatic rings. The van der Waals surface area contributed by atoms with Crippen molar-refractivity contribution in [2.24, 2.45) is 11.8 Å². The number of pyridine rings is 2. The highest BCUT2D eigenvalue weighted by Crippen LogP contribution is 2.44. The zero-order chi connectivity index (χ0) is 24.9. The average molecular weight is 436 g/mol. The van der Waals surface area contributed by atoms with Gasteiger partial charge < -0.3 is 9.47 Å². The van der Waals surface area contributed by atoms with E-state index >= 15 is 0 Å². The molecular weight excluding hydrogens is 402 g/mol. The van der Waals surface area contributed by atoms with Gasteiger partial charge in [0.2, 0.25) is 11.8 Å². The normalized spacial score (nSPS) is 21.6. The van der Waals surface area contributed by atoms with Crippen LogP contribution >= 0.6 is 0 Å².